The van der Waals surface area contributed by atoms with Gasteiger partial charge in [0.05, 0.1) is 0 Å². The third-order valence-electron chi connectivity index (χ3n) is 3.20. The molecule has 1 aliphatic heterocycles. The van der Waals surface area contributed by atoms with Crippen LogP contribution in [-0.4, -0.2) is 25.3 Å². The van der Waals surface area contributed by atoms with Crippen LogP contribution in [0, 0.1) is 0 Å². The zero-order valence-corrected chi connectivity index (χ0v) is 11.7. The first kappa shape index (κ1) is 13.7. The van der Waals surface area contributed by atoms with Gasteiger partial charge in [-0.15, -0.1) is 9.35 Å². The van der Waals surface area contributed by atoms with Gasteiger partial charge in [0.2, 0.25) is 0 Å². The molecule has 1 saturated heterocycles. The molecular weight excluding hydrogens is 294 g/mol. The van der Waals surface area contributed by atoms with Gasteiger partial charge in [0.25, 0.3) is 11.8 Å². The molecule has 6 nitrogen and oxygen atoms in total. The topological polar surface area (TPSA) is 80.8 Å². The van der Waals surface area contributed by atoms with Crippen molar-refractivity contribution < 1.29 is 22.3 Å². The van der Waals surface area contributed by atoms with Crippen LogP contribution in [0.25, 0.3) is 10.8 Å². The Labute approximate surface area is 121 Å². The predicted octanol–water partition coefficient (Wildman–Crippen LogP) is 1.61. The fraction of sp³-hybridized carbons (Fsp3) is 0.143. The molecule has 1 heterocycles. The Hall–Kier alpha value is -2.25. The summed E-state index contributed by atoms with van der Waals surface area (Å²) < 4.78 is 29.4. The minimum atomic E-state index is -4.25. The average Bonchev–Trinajstić information content (AvgIpc) is 2.78. The van der Waals surface area contributed by atoms with Gasteiger partial charge >= 0.3 is 10.1 Å². The van der Waals surface area contributed by atoms with E-state index < -0.39 is 21.9 Å². The molecule has 2 aromatic rings. The van der Waals surface area contributed by atoms with Gasteiger partial charge < -0.3 is 0 Å². The molecule has 7 heteroatoms. The highest BCUT2D eigenvalue weighted by molar-refractivity contribution is 7.87. The molecule has 0 spiro atoms. The Morgan fingerprint density at radius 2 is 1.52 bits per heavy atom. The lowest BCUT2D eigenvalue weighted by molar-refractivity contribution is -0.163. The van der Waals surface area contributed by atoms with E-state index in [1.807, 2.05) is 0 Å². The summed E-state index contributed by atoms with van der Waals surface area (Å²) in [6.07, 6.45) is -0.0756. The van der Waals surface area contributed by atoms with Crippen molar-refractivity contribution in [2.75, 3.05) is 0 Å². The van der Waals surface area contributed by atoms with Crippen molar-refractivity contribution >= 4 is 32.7 Å². The summed E-state index contributed by atoms with van der Waals surface area (Å²) in [6.45, 7) is 0. The number of hydroxylamine groups is 2. The third-order valence-corrected chi connectivity index (χ3v) is 4.44. The van der Waals surface area contributed by atoms with Gasteiger partial charge in [-0.05, 0) is 11.5 Å². The number of imide groups is 1. The summed E-state index contributed by atoms with van der Waals surface area (Å²) in [5, 5.41) is 1.53. The van der Waals surface area contributed by atoms with Crippen LogP contribution in [0.3, 0.4) is 0 Å². The summed E-state index contributed by atoms with van der Waals surface area (Å²) >= 11 is 0. The van der Waals surface area contributed by atoms with E-state index in [2.05, 4.69) is 0 Å². The molecule has 2 amide bonds. The number of hydrogen-bond donors (Lipinski definition) is 0. The fourth-order valence-corrected chi connectivity index (χ4v) is 3.33. The van der Waals surface area contributed by atoms with E-state index in [1.54, 1.807) is 36.4 Å². The Balaban J connectivity index is 2.05. The first-order valence-corrected chi connectivity index (χ1v) is 7.68. The summed E-state index contributed by atoms with van der Waals surface area (Å²) in [7, 11) is -4.25. The molecule has 0 unspecified atom stereocenters. The van der Waals surface area contributed by atoms with Gasteiger partial charge in [-0.25, -0.2) is 0 Å². The highest BCUT2D eigenvalue weighted by Gasteiger charge is 2.35. The molecule has 0 aliphatic carbocycles. The number of benzene rings is 2. The minimum Gasteiger partial charge on any atom is -0.272 e. The van der Waals surface area contributed by atoms with E-state index in [0.717, 1.165) is 5.39 Å². The summed E-state index contributed by atoms with van der Waals surface area (Å²) in [5.41, 5.74) is 0. The molecule has 0 radical (unpaired) electrons. The smallest absolute Gasteiger partial charge is 0.272 e. The number of fused-ring (bicyclic) bond motifs is 1. The SMILES string of the molecule is O=C1CCC(=O)N1OS(=O)(=O)c1cccc2ccccc12. The Morgan fingerprint density at radius 1 is 0.905 bits per heavy atom. The lowest BCUT2D eigenvalue weighted by Gasteiger charge is -2.14. The second kappa shape index (κ2) is 4.94. The fourth-order valence-electron chi connectivity index (χ4n) is 2.19. The lowest BCUT2D eigenvalue weighted by Crippen LogP contribution is -2.32. The Kier molecular flexibility index (Phi) is 3.23. The summed E-state index contributed by atoms with van der Waals surface area (Å²) in [6, 6.07) is 11.6. The van der Waals surface area contributed by atoms with Gasteiger partial charge in [-0.2, -0.15) is 8.42 Å². The summed E-state index contributed by atoms with van der Waals surface area (Å²) in [5.74, 6) is -1.30. The van der Waals surface area contributed by atoms with E-state index in [-0.39, 0.29) is 17.7 Å². The van der Waals surface area contributed by atoms with Crippen molar-refractivity contribution in [1.82, 2.24) is 5.06 Å². The zero-order valence-electron chi connectivity index (χ0n) is 10.9. The van der Waals surface area contributed by atoms with Crippen molar-refractivity contribution in [1.29, 1.82) is 0 Å². The molecular formula is C14H11NO5S. The first-order chi connectivity index (χ1) is 9.99. The van der Waals surface area contributed by atoms with Gasteiger partial charge in [0.15, 0.2) is 0 Å². The number of carbonyl (C=O) groups is 2. The van der Waals surface area contributed by atoms with Crippen molar-refractivity contribution in [3.63, 3.8) is 0 Å². The van der Waals surface area contributed by atoms with E-state index >= 15 is 0 Å². The van der Waals surface area contributed by atoms with Crippen LogP contribution in [0.4, 0.5) is 0 Å². The number of nitrogens with zero attached hydrogens (tertiary/aromatic N) is 1. The predicted molar refractivity (Wildman–Crippen MR) is 73.3 cm³/mol. The van der Waals surface area contributed by atoms with E-state index in [9.17, 15) is 18.0 Å². The van der Waals surface area contributed by atoms with Crippen molar-refractivity contribution in [2.24, 2.45) is 0 Å². The molecule has 1 aliphatic rings. The van der Waals surface area contributed by atoms with E-state index in [4.69, 9.17) is 4.28 Å². The lowest BCUT2D eigenvalue weighted by atomic mass is 10.1. The van der Waals surface area contributed by atoms with Crippen LogP contribution >= 0.6 is 0 Å². The van der Waals surface area contributed by atoms with Gasteiger partial charge in [-0.3, -0.25) is 9.59 Å². The van der Waals surface area contributed by atoms with Crippen LogP contribution in [0.5, 0.6) is 0 Å². The number of amides is 2. The highest BCUT2D eigenvalue weighted by Crippen LogP contribution is 2.26. The Bertz CT molecular complexity index is 822. The first-order valence-electron chi connectivity index (χ1n) is 6.27. The molecule has 3 rings (SSSR count). The molecule has 0 N–H and O–H groups in total. The zero-order chi connectivity index (χ0) is 15.0. The maximum atomic E-state index is 12.3. The van der Waals surface area contributed by atoms with Crippen LogP contribution in [0.1, 0.15) is 12.8 Å². The number of rotatable bonds is 3. The normalized spacial score (nSPS) is 15.9. The number of hydrogen-bond acceptors (Lipinski definition) is 5. The second-order valence-electron chi connectivity index (χ2n) is 4.59. The molecule has 2 aromatic carbocycles. The highest BCUT2D eigenvalue weighted by atomic mass is 32.2. The quantitative estimate of drug-likeness (QED) is 0.805. The second-order valence-corrected chi connectivity index (χ2v) is 6.08. The maximum absolute atomic E-state index is 12.3. The molecule has 108 valence electrons. The van der Waals surface area contributed by atoms with Crippen molar-refractivity contribution in [3.8, 4) is 0 Å². The average molecular weight is 305 g/mol. The monoisotopic (exact) mass is 305 g/mol. The van der Waals surface area contributed by atoms with Crippen LogP contribution in [-0.2, 0) is 24.0 Å². The van der Waals surface area contributed by atoms with E-state index in [1.165, 1.54) is 6.07 Å². The third kappa shape index (κ3) is 2.41. The molecule has 0 atom stereocenters. The van der Waals surface area contributed by atoms with Gasteiger partial charge in [0.1, 0.15) is 4.90 Å². The van der Waals surface area contributed by atoms with Crippen molar-refractivity contribution in [2.45, 2.75) is 17.7 Å². The van der Waals surface area contributed by atoms with Gasteiger partial charge in [-0.1, -0.05) is 36.4 Å². The minimum absolute atomic E-state index is 0.0378. The molecule has 0 aromatic heterocycles. The molecule has 21 heavy (non-hydrogen) atoms. The standard InChI is InChI=1S/C14H11NO5S/c16-13-8-9-14(17)15(13)20-21(18,19)12-7-3-5-10-4-1-2-6-11(10)12/h1-7H,8-9H2. The van der Waals surface area contributed by atoms with E-state index in [0.29, 0.717) is 10.4 Å². The van der Waals surface area contributed by atoms with Crippen LogP contribution < -0.4 is 0 Å². The van der Waals surface area contributed by atoms with Gasteiger partial charge in [0, 0.05) is 18.2 Å². The van der Waals surface area contributed by atoms with Crippen LogP contribution in [0.15, 0.2) is 47.4 Å². The molecule has 0 saturated carbocycles. The maximum Gasteiger partial charge on any atom is 0.318 e. The number of carbonyl (C=O) groups excluding carboxylic acids is 2. The summed E-state index contributed by atoms with van der Waals surface area (Å²) in [4.78, 5) is 22.9. The van der Waals surface area contributed by atoms with Crippen molar-refractivity contribution in [3.05, 3.63) is 42.5 Å². The van der Waals surface area contributed by atoms with Crippen LogP contribution in [0.2, 0.25) is 0 Å². The molecule has 1 fully saturated rings. The Morgan fingerprint density at radius 3 is 2.24 bits per heavy atom. The molecule has 0 bridgehead atoms. The largest absolute Gasteiger partial charge is 0.318 e.